The minimum atomic E-state index is -0.703. The number of carboxylic acid groups (broad SMARTS) is 1. The molecule has 0 heterocycles. The topological polar surface area (TPSA) is 40.5 Å². The molecule has 76 valence electrons. The Bertz CT molecular complexity index is 178. The average Bonchev–Trinajstić information content (AvgIpc) is 2.83. The van der Waals surface area contributed by atoms with Crippen molar-refractivity contribution in [1.29, 1.82) is 0 Å². The van der Waals surface area contributed by atoms with Gasteiger partial charge in [0.05, 0.1) is 6.42 Å². The van der Waals surface area contributed by atoms with Crippen molar-refractivity contribution in [2.45, 2.75) is 38.6 Å². The molecule has 3 nitrogen and oxygen atoms in total. The molecular weight excluding hydrogens is 166 g/mol. The predicted molar refractivity (Wildman–Crippen MR) is 51.7 cm³/mol. The van der Waals surface area contributed by atoms with Gasteiger partial charge in [-0.1, -0.05) is 12.8 Å². The summed E-state index contributed by atoms with van der Waals surface area (Å²) in [4.78, 5) is 12.5. The van der Waals surface area contributed by atoms with Crippen LogP contribution in [-0.4, -0.2) is 35.6 Å². The van der Waals surface area contributed by atoms with Crippen molar-refractivity contribution in [1.82, 2.24) is 4.90 Å². The first-order chi connectivity index (χ1) is 6.09. The average molecular weight is 185 g/mol. The van der Waals surface area contributed by atoms with Crippen LogP contribution in [0.1, 0.15) is 32.6 Å². The summed E-state index contributed by atoms with van der Waals surface area (Å²) in [6.07, 6.45) is 4.23. The van der Waals surface area contributed by atoms with Gasteiger partial charge in [0.2, 0.25) is 0 Å². The van der Waals surface area contributed by atoms with Crippen LogP contribution in [0.3, 0.4) is 0 Å². The summed E-state index contributed by atoms with van der Waals surface area (Å²) >= 11 is 0. The van der Waals surface area contributed by atoms with Gasteiger partial charge in [-0.25, -0.2) is 0 Å². The second kappa shape index (κ2) is 4.61. The van der Waals surface area contributed by atoms with E-state index in [1.165, 1.54) is 19.3 Å². The zero-order valence-electron chi connectivity index (χ0n) is 8.49. The molecule has 0 radical (unpaired) electrons. The second-order valence-corrected chi connectivity index (χ2v) is 4.15. The van der Waals surface area contributed by atoms with Crippen LogP contribution in [0.25, 0.3) is 0 Å². The second-order valence-electron chi connectivity index (χ2n) is 4.15. The van der Waals surface area contributed by atoms with Gasteiger partial charge in [0.25, 0.3) is 0 Å². The van der Waals surface area contributed by atoms with Gasteiger partial charge < -0.3 is 10.0 Å². The zero-order valence-corrected chi connectivity index (χ0v) is 8.49. The molecule has 1 fully saturated rings. The molecule has 1 atom stereocenters. The Morgan fingerprint density at radius 1 is 1.62 bits per heavy atom. The van der Waals surface area contributed by atoms with E-state index in [0.717, 1.165) is 5.92 Å². The van der Waals surface area contributed by atoms with Crippen LogP contribution in [0.4, 0.5) is 0 Å². The van der Waals surface area contributed by atoms with Crippen LogP contribution in [0, 0.1) is 5.92 Å². The molecular formula is C10H19NO2. The highest BCUT2D eigenvalue weighted by Gasteiger charge is 2.25. The van der Waals surface area contributed by atoms with Gasteiger partial charge >= 0.3 is 5.97 Å². The Hall–Kier alpha value is -0.570. The highest BCUT2D eigenvalue weighted by Crippen LogP contribution is 2.34. The Morgan fingerprint density at radius 3 is 2.69 bits per heavy atom. The van der Waals surface area contributed by atoms with E-state index in [4.69, 9.17) is 5.11 Å². The number of hydrogen-bond acceptors (Lipinski definition) is 2. The van der Waals surface area contributed by atoms with Crippen LogP contribution in [0.15, 0.2) is 0 Å². The minimum absolute atomic E-state index is 0.255. The molecule has 0 saturated heterocycles. The van der Waals surface area contributed by atoms with Gasteiger partial charge in [-0.2, -0.15) is 0 Å². The standard InChI is InChI=1S/C10H19NO2/c1-8(7-9-3-4-9)11(2)6-5-10(12)13/h8-9H,3-7H2,1-2H3,(H,12,13). The molecule has 1 rings (SSSR count). The van der Waals surface area contributed by atoms with Crippen molar-refractivity contribution in [3.63, 3.8) is 0 Å². The van der Waals surface area contributed by atoms with E-state index in [9.17, 15) is 4.79 Å². The molecule has 1 saturated carbocycles. The van der Waals surface area contributed by atoms with Crippen molar-refractivity contribution < 1.29 is 9.90 Å². The van der Waals surface area contributed by atoms with Gasteiger partial charge in [-0.3, -0.25) is 4.79 Å². The fourth-order valence-electron chi connectivity index (χ4n) is 1.51. The van der Waals surface area contributed by atoms with Gasteiger partial charge in [0.15, 0.2) is 0 Å². The number of hydrogen-bond donors (Lipinski definition) is 1. The number of carboxylic acids is 1. The normalized spacial score (nSPS) is 19.0. The molecule has 0 aromatic rings. The lowest BCUT2D eigenvalue weighted by molar-refractivity contribution is -0.137. The van der Waals surface area contributed by atoms with Crippen molar-refractivity contribution in [2.75, 3.05) is 13.6 Å². The molecule has 0 aliphatic heterocycles. The number of nitrogens with zero attached hydrogens (tertiary/aromatic N) is 1. The molecule has 1 aliphatic carbocycles. The summed E-state index contributed by atoms with van der Waals surface area (Å²) in [5.74, 6) is 0.216. The van der Waals surface area contributed by atoms with Crippen LogP contribution in [-0.2, 0) is 4.79 Å². The number of aliphatic carboxylic acids is 1. The monoisotopic (exact) mass is 185 g/mol. The smallest absolute Gasteiger partial charge is 0.304 e. The summed E-state index contributed by atoms with van der Waals surface area (Å²) in [5.41, 5.74) is 0. The van der Waals surface area contributed by atoms with E-state index in [1.54, 1.807) is 0 Å². The lowest BCUT2D eigenvalue weighted by atomic mass is 10.1. The lowest BCUT2D eigenvalue weighted by Gasteiger charge is -2.23. The van der Waals surface area contributed by atoms with Crippen molar-refractivity contribution in [3.05, 3.63) is 0 Å². The Morgan fingerprint density at radius 2 is 2.23 bits per heavy atom. The molecule has 1 unspecified atom stereocenters. The largest absolute Gasteiger partial charge is 0.481 e. The van der Waals surface area contributed by atoms with Gasteiger partial charge in [0.1, 0.15) is 0 Å². The van der Waals surface area contributed by atoms with Gasteiger partial charge in [-0.15, -0.1) is 0 Å². The van der Waals surface area contributed by atoms with Crippen molar-refractivity contribution in [3.8, 4) is 0 Å². The third-order valence-corrected chi connectivity index (χ3v) is 2.80. The molecule has 0 amide bonds. The molecule has 3 heteroatoms. The number of rotatable bonds is 6. The van der Waals surface area contributed by atoms with E-state index in [-0.39, 0.29) is 6.42 Å². The van der Waals surface area contributed by atoms with E-state index < -0.39 is 5.97 Å². The maximum absolute atomic E-state index is 10.3. The third-order valence-electron chi connectivity index (χ3n) is 2.80. The first kappa shape index (κ1) is 10.5. The summed E-state index contributed by atoms with van der Waals surface area (Å²) in [7, 11) is 2.01. The minimum Gasteiger partial charge on any atom is -0.481 e. The fraction of sp³-hybridized carbons (Fsp3) is 0.900. The maximum atomic E-state index is 10.3. The molecule has 1 N–H and O–H groups in total. The molecule has 0 bridgehead atoms. The van der Waals surface area contributed by atoms with Gasteiger partial charge in [0, 0.05) is 12.6 Å². The van der Waals surface area contributed by atoms with E-state index in [1.807, 2.05) is 7.05 Å². The Labute approximate surface area is 79.7 Å². The third kappa shape index (κ3) is 4.27. The first-order valence-electron chi connectivity index (χ1n) is 5.01. The molecule has 13 heavy (non-hydrogen) atoms. The molecule has 1 aliphatic rings. The van der Waals surface area contributed by atoms with E-state index in [2.05, 4.69) is 11.8 Å². The van der Waals surface area contributed by atoms with Crippen LogP contribution in [0.5, 0.6) is 0 Å². The van der Waals surface area contributed by atoms with E-state index in [0.29, 0.717) is 12.6 Å². The van der Waals surface area contributed by atoms with Crippen molar-refractivity contribution >= 4 is 5.97 Å². The molecule has 0 aromatic carbocycles. The summed E-state index contributed by atoms with van der Waals surface area (Å²) < 4.78 is 0. The Kier molecular flexibility index (Phi) is 3.72. The lowest BCUT2D eigenvalue weighted by Crippen LogP contribution is -2.31. The molecule has 0 aromatic heterocycles. The molecule has 0 spiro atoms. The summed E-state index contributed by atoms with van der Waals surface area (Å²) in [6, 6.07) is 0.534. The fourth-order valence-corrected chi connectivity index (χ4v) is 1.51. The summed E-state index contributed by atoms with van der Waals surface area (Å²) in [5, 5.41) is 8.51. The van der Waals surface area contributed by atoms with Crippen LogP contribution in [0.2, 0.25) is 0 Å². The summed E-state index contributed by atoms with van der Waals surface area (Å²) in [6.45, 7) is 2.85. The first-order valence-corrected chi connectivity index (χ1v) is 5.01. The maximum Gasteiger partial charge on any atom is 0.304 e. The van der Waals surface area contributed by atoms with Crippen LogP contribution >= 0.6 is 0 Å². The van der Waals surface area contributed by atoms with Crippen molar-refractivity contribution in [2.24, 2.45) is 5.92 Å². The SMILES string of the molecule is CC(CC1CC1)N(C)CCC(=O)O. The van der Waals surface area contributed by atoms with Crippen LogP contribution < -0.4 is 0 Å². The zero-order chi connectivity index (χ0) is 9.84. The quantitative estimate of drug-likeness (QED) is 0.683. The van der Waals surface area contributed by atoms with E-state index >= 15 is 0 Å². The highest BCUT2D eigenvalue weighted by molar-refractivity contribution is 5.66. The Balaban J connectivity index is 2.12. The number of carbonyl (C=O) groups is 1. The highest BCUT2D eigenvalue weighted by atomic mass is 16.4. The predicted octanol–water partition coefficient (Wildman–Crippen LogP) is 1.58. The van der Waals surface area contributed by atoms with Gasteiger partial charge in [-0.05, 0) is 26.3 Å².